The summed E-state index contributed by atoms with van der Waals surface area (Å²) in [5, 5.41) is 0. The summed E-state index contributed by atoms with van der Waals surface area (Å²) in [4.78, 5) is 14.6. The molecule has 24 heavy (non-hydrogen) atoms. The first-order chi connectivity index (χ1) is 11.5. The van der Waals surface area contributed by atoms with Crippen molar-refractivity contribution in [1.29, 1.82) is 0 Å². The summed E-state index contributed by atoms with van der Waals surface area (Å²) in [5.74, 6) is -0.365. The SMILES string of the molecule is O=C(C1CCN(S(=O)(=O)c2ccc(F)cc2)CC1)N1CCCCC1. The zero-order chi connectivity index (χ0) is 17.2. The molecule has 0 aromatic heterocycles. The number of amides is 1. The zero-order valence-electron chi connectivity index (χ0n) is 13.7. The maximum absolute atomic E-state index is 13.0. The van der Waals surface area contributed by atoms with Gasteiger partial charge in [0, 0.05) is 32.1 Å². The summed E-state index contributed by atoms with van der Waals surface area (Å²) < 4.78 is 39.6. The third kappa shape index (κ3) is 3.62. The van der Waals surface area contributed by atoms with Gasteiger partial charge in [-0.2, -0.15) is 4.31 Å². The highest BCUT2D eigenvalue weighted by atomic mass is 32.2. The first-order valence-electron chi connectivity index (χ1n) is 8.53. The molecule has 1 aromatic carbocycles. The van der Waals surface area contributed by atoms with Gasteiger partial charge in [0.1, 0.15) is 5.82 Å². The van der Waals surface area contributed by atoms with Crippen molar-refractivity contribution in [2.24, 2.45) is 5.92 Å². The van der Waals surface area contributed by atoms with Crippen LogP contribution in [0.5, 0.6) is 0 Å². The Morgan fingerprint density at radius 3 is 2.12 bits per heavy atom. The van der Waals surface area contributed by atoms with Gasteiger partial charge in [0.25, 0.3) is 0 Å². The fourth-order valence-corrected chi connectivity index (χ4v) is 4.94. The monoisotopic (exact) mass is 354 g/mol. The molecule has 0 unspecified atom stereocenters. The molecule has 132 valence electrons. The van der Waals surface area contributed by atoms with Crippen molar-refractivity contribution in [2.45, 2.75) is 37.0 Å². The van der Waals surface area contributed by atoms with Crippen molar-refractivity contribution in [3.8, 4) is 0 Å². The lowest BCUT2D eigenvalue weighted by Gasteiger charge is -2.35. The van der Waals surface area contributed by atoms with E-state index in [1.807, 2.05) is 4.90 Å². The lowest BCUT2D eigenvalue weighted by atomic mass is 9.95. The van der Waals surface area contributed by atoms with Crippen LogP contribution in [0.1, 0.15) is 32.1 Å². The first-order valence-corrected chi connectivity index (χ1v) is 9.97. The normalized spacial score (nSPS) is 21.0. The molecule has 0 saturated carbocycles. The minimum atomic E-state index is -3.61. The highest BCUT2D eigenvalue weighted by Gasteiger charge is 2.34. The molecule has 0 N–H and O–H groups in total. The van der Waals surface area contributed by atoms with Crippen molar-refractivity contribution >= 4 is 15.9 Å². The maximum Gasteiger partial charge on any atom is 0.243 e. The number of sulfonamides is 1. The lowest BCUT2D eigenvalue weighted by molar-refractivity contribution is -0.137. The molecule has 0 radical (unpaired) electrons. The largest absolute Gasteiger partial charge is 0.342 e. The molecule has 1 amide bonds. The van der Waals surface area contributed by atoms with Gasteiger partial charge in [0.2, 0.25) is 15.9 Å². The van der Waals surface area contributed by atoms with Gasteiger partial charge in [-0.1, -0.05) is 0 Å². The van der Waals surface area contributed by atoms with Crippen molar-refractivity contribution in [2.75, 3.05) is 26.2 Å². The number of hydrogen-bond acceptors (Lipinski definition) is 3. The standard InChI is InChI=1S/C17H23FN2O3S/c18-15-4-6-16(7-5-15)24(22,23)20-12-8-14(9-13-20)17(21)19-10-2-1-3-11-19/h4-7,14H,1-3,8-13H2. The van der Waals surface area contributed by atoms with Gasteiger partial charge in [0.05, 0.1) is 4.90 Å². The van der Waals surface area contributed by atoms with Crippen LogP contribution in [-0.4, -0.2) is 49.7 Å². The molecule has 5 nitrogen and oxygen atoms in total. The maximum atomic E-state index is 13.0. The van der Waals surface area contributed by atoms with E-state index >= 15 is 0 Å². The lowest BCUT2D eigenvalue weighted by Crippen LogP contribution is -2.45. The van der Waals surface area contributed by atoms with E-state index in [0.29, 0.717) is 25.9 Å². The van der Waals surface area contributed by atoms with Crippen LogP contribution in [0, 0.1) is 11.7 Å². The first kappa shape index (κ1) is 17.4. The highest BCUT2D eigenvalue weighted by Crippen LogP contribution is 2.26. The molecule has 2 aliphatic heterocycles. The Bertz CT molecular complexity index is 676. The van der Waals surface area contributed by atoms with Gasteiger partial charge in [-0.15, -0.1) is 0 Å². The average Bonchev–Trinajstić information content (AvgIpc) is 2.62. The second kappa shape index (κ2) is 7.19. The van der Waals surface area contributed by atoms with Crippen molar-refractivity contribution < 1.29 is 17.6 Å². The number of halogens is 1. The van der Waals surface area contributed by atoms with Gasteiger partial charge >= 0.3 is 0 Å². The van der Waals surface area contributed by atoms with Crippen molar-refractivity contribution in [1.82, 2.24) is 9.21 Å². The number of piperidine rings is 2. The van der Waals surface area contributed by atoms with Crippen molar-refractivity contribution in [3.05, 3.63) is 30.1 Å². The molecule has 7 heteroatoms. The van der Waals surface area contributed by atoms with E-state index in [9.17, 15) is 17.6 Å². The second-order valence-corrected chi connectivity index (χ2v) is 8.46. The molecule has 2 heterocycles. The second-order valence-electron chi connectivity index (χ2n) is 6.52. The van der Waals surface area contributed by atoms with E-state index in [4.69, 9.17) is 0 Å². The van der Waals surface area contributed by atoms with Crippen LogP contribution in [0.3, 0.4) is 0 Å². The average molecular weight is 354 g/mol. The minimum absolute atomic E-state index is 0.0808. The molecular weight excluding hydrogens is 331 g/mol. The van der Waals surface area contributed by atoms with E-state index in [0.717, 1.165) is 38.1 Å². The minimum Gasteiger partial charge on any atom is -0.342 e. The molecule has 3 rings (SSSR count). The molecule has 2 saturated heterocycles. The third-order valence-corrected chi connectivity index (χ3v) is 6.84. The van der Waals surface area contributed by atoms with Crippen LogP contribution in [0.2, 0.25) is 0 Å². The summed E-state index contributed by atoms with van der Waals surface area (Å²) in [5.41, 5.74) is 0. The summed E-state index contributed by atoms with van der Waals surface area (Å²) in [6, 6.07) is 4.88. The molecular formula is C17H23FN2O3S. The van der Waals surface area contributed by atoms with E-state index in [-0.39, 0.29) is 16.7 Å². The van der Waals surface area contributed by atoms with E-state index in [1.165, 1.54) is 22.9 Å². The Morgan fingerprint density at radius 1 is 0.958 bits per heavy atom. The number of nitrogens with zero attached hydrogens (tertiary/aromatic N) is 2. The van der Waals surface area contributed by atoms with Gasteiger partial charge in [-0.05, 0) is 56.4 Å². The van der Waals surface area contributed by atoms with E-state index in [1.54, 1.807) is 0 Å². The molecule has 0 bridgehead atoms. The van der Waals surface area contributed by atoms with Crippen LogP contribution in [0.4, 0.5) is 4.39 Å². The van der Waals surface area contributed by atoms with Crippen LogP contribution < -0.4 is 0 Å². The summed E-state index contributed by atoms with van der Waals surface area (Å²) >= 11 is 0. The Hall–Kier alpha value is -1.47. The molecule has 0 atom stereocenters. The number of benzene rings is 1. The molecule has 1 aromatic rings. The predicted octanol–water partition coefficient (Wildman–Crippen LogP) is 2.24. The number of carbonyl (C=O) groups excluding carboxylic acids is 1. The number of hydrogen-bond donors (Lipinski definition) is 0. The molecule has 0 spiro atoms. The Balaban J connectivity index is 1.62. The quantitative estimate of drug-likeness (QED) is 0.836. The fourth-order valence-electron chi connectivity index (χ4n) is 3.47. The van der Waals surface area contributed by atoms with E-state index in [2.05, 4.69) is 0 Å². The summed E-state index contributed by atoms with van der Waals surface area (Å²) in [6.45, 7) is 2.33. The molecule has 2 aliphatic rings. The predicted molar refractivity (Wildman–Crippen MR) is 88.3 cm³/mol. The van der Waals surface area contributed by atoms with Gasteiger partial charge in [0.15, 0.2) is 0 Å². The number of rotatable bonds is 3. The van der Waals surface area contributed by atoms with Crippen molar-refractivity contribution in [3.63, 3.8) is 0 Å². The van der Waals surface area contributed by atoms with Gasteiger partial charge in [-0.25, -0.2) is 12.8 Å². The fraction of sp³-hybridized carbons (Fsp3) is 0.588. The van der Waals surface area contributed by atoms with E-state index < -0.39 is 15.8 Å². The Morgan fingerprint density at radius 2 is 1.54 bits per heavy atom. The smallest absolute Gasteiger partial charge is 0.243 e. The highest BCUT2D eigenvalue weighted by molar-refractivity contribution is 7.89. The molecule has 0 aliphatic carbocycles. The number of carbonyl (C=O) groups is 1. The Kier molecular flexibility index (Phi) is 5.20. The van der Waals surface area contributed by atoms with Crippen LogP contribution in [-0.2, 0) is 14.8 Å². The summed E-state index contributed by atoms with van der Waals surface area (Å²) in [7, 11) is -3.61. The van der Waals surface area contributed by atoms with Crippen LogP contribution in [0.25, 0.3) is 0 Å². The third-order valence-electron chi connectivity index (χ3n) is 4.92. The Labute approximate surface area is 142 Å². The molecule has 2 fully saturated rings. The topological polar surface area (TPSA) is 57.7 Å². The number of likely N-dealkylation sites (tertiary alicyclic amines) is 1. The van der Waals surface area contributed by atoms with Crippen LogP contribution >= 0.6 is 0 Å². The summed E-state index contributed by atoms with van der Waals surface area (Å²) in [6.07, 6.45) is 4.40. The van der Waals surface area contributed by atoms with Crippen LogP contribution in [0.15, 0.2) is 29.2 Å². The van der Waals surface area contributed by atoms with Gasteiger partial charge < -0.3 is 4.90 Å². The zero-order valence-corrected chi connectivity index (χ0v) is 14.5. The van der Waals surface area contributed by atoms with Gasteiger partial charge in [-0.3, -0.25) is 4.79 Å².